The highest BCUT2D eigenvalue weighted by atomic mass is 32.1. The molecule has 2 atom stereocenters. The molecule has 1 aliphatic rings. The number of fused-ring (bicyclic) bond motifs is 1. The monoisotopic (exact) mass is 379 g/mol. The molecule has 4 rings (SSSR count). The topological polar surface area (TPSA) is 88.1 Å². The molecular weight excluding hydrogens is 358 g/mol. The van der Waals surface area contributed by atoms with Crippen LogP contribution in [0.1, 0.15) is 24.3 Å². The van der Waals surface area contributed by atoms with Crippen molar-refractivity contribution in [3.63, 3.8) is 0 Å². The Kier molecular flexibility index (Phi) is 4.79. The SMILES string of the molecule is CC1CN(Cc2cc3c(N)nc(-c4cccc(C#N)c4)nc3s2)C[C@H](C)O1. The minimum absolute atomic E-state index is 0.243. The van der Waals surface area contributed by atoms with E-state index in [1.807, 2.05) is 12.1 Å². The van der Waals surface area contributed by atoms with Gasteiger partial charge in [0.05, 0.1) is 29.2 Å². The fraction of sp³-hybridized carbons (Fsp3) is 0.350. The van der Waals surface area contributed by atoms with Gasteiger partial charge < -0.3 is 10.5 Å². The predicted molar refractivity (Wildman–Crippen MR) is 107 cm³/mol. The maximum absolute atomic E-state index is 9.10. The van der Waals surface area contributed by atoms with Gasteiger partial charge in [-0.2, -0.15) is 5.26 Å². The van der Waals surface area contributed by atoms with Crippen molar-refractivity contribution in [2.75, 3.05) is 18.8 Å². The number of morpholine rings is 1. The van der Waals surface area contributed by atoms with Crippen LogP contribution >= 0.6 is 11.3 Å². The van der Waals surface area contributed by atoms with Crippen molar-refractivity contribution in [2.24, 2.45) is 0 Å². The molecule has 0 aliphatic carbocycles. The van der Waals surface area contributed by atoms with Gasteiger partial charge in [0.1, 0.15) is 10.6 Å². The molecule has 0 bridgehead atoms. The lowest BCUT2D eigenvalue weighted by atomic mass is 10.1. The zero-order chi connectivity index (χ0) is 19.0. The van der Waals surface area contributed by atoms with Crippen LogP contribution in [0.25, 0.3) is 21.6 Å². The van der Waals surface area contributed by atoms with Crippen molar-refractivity contribution in [1.82, 2.24) is 14.9 Å². The van der Waals surface area contributed by atoms with Gasteiger partial charge in [-0.1, -0.05) is 12.1 Å². The van der Waals surface area contributed by atoms with Gasteiger partial charge in [0, 0.05) is 30.1 Å². The van der Waals surface area contributed by atoms with Crippen LogP contribution in [0, 0.1) is 11.3 Å². The molecule has 6 nitrogen and oxygen atoms in total. The molecule has 0 spiro atoms. The predicted octanol–water partition coefficient (Wildman–Crippen LogP) is 3.42. The van der Waals surface area contributed by atoms with Crippen LogP contribution in [-0.2, 0) is 11.3 Å². The highest BCUT2D eigenvalue weighted by Crippen LogP contribution is 2.31. The van der Waals surface area contributed by atoms with Gasteiger partial charge in [0.15, 0.2) is 5.82 Å². The molecule has 138 valence electrons. The lowest BCUT2D eigenvalue weighted by Crippen LogP contribution is -2.44. The van der Waals surface area contributed by atoms with Crippen LogP contribution < -0.4 is 5.73 Å². The van der Waals surface area contributed by atoms with E-state index in [0.717, 1.165) is 35.4 Å². The number of hydrogen-bond acceptors (Lipinski definition) is 7. The van der Waals surface area contributed by atoms with Gasteiger partial charge >= 0.3 is 0 Å². The number of nitrogens with zero attached hydrogens (tertiary/aromatic N) is 4. The Labute approximate surface area is 162 Å². The minimum atomic E-state index is 0.243. The summed E-state index contributed by atoms with van der Waals surface area (Å²) in [6.45, 7) is 6.92. The van der Waals surface area contributed by atoms with Crippen LogP contribution in [0.3, 0.4) is 0 Å². The number of aromatic nitrogens is 2. The summed E-state index contributed by atoms with van der Waals surface area (Å²) in [5, 5.41) is 10.00. The second kappa shape index (κ2) is 7.24. The fourth-order valence-electron chi connectivity index (χ4n) is 3.56. The van der Waals surface area contributed by atoms with Gasteiger partial charge in [-0.25, -0.2) is 9.97 Å². The van der Waals surface area contributed by atoms with Crippen LogP contribution in [0.15, 0.2) is 30.3 Å². The maximum atomic E-state index is 9.10. The van der Waals surface area contributed by atoms with Gasteiger partial charge in [-0.3, -0.25) is 4.90 Å². The quantitative estimate of drug-likeness (QED) is 0.750. The number of benzene rings is 1. The Bertz CT molecular complexity index is 1010. The largest absolute Gasteiger partial charge is 0.383 e. The average Bonchev–Trinajstić information content (AvgIpc) is 3.04. The molecule has 1 aromatic carbocycles. The van der Waals surface area contributed by atoms with Crippen LogP contribution in [0.2, 0.25) is 0 Å². The van der Waals surface area contributed by atoms with Crippen molar-refractivity contribution < 1.29 is 4.74 Å². The molecule has 1 unspecified atom stereocenters. The van der Waals surface area contributed by atoms with Crippen molar-refractivity contribution in [3.8, 4) is 17.5 Å². The summed E-state index contributed by atoms with van der Waals surface area (Å²) in [4.78, 5) is 13.7. The third-order valence-corrected chi connectivity index (χ3v) is 5.61. The van der Waals surface area contributed by atoms with Gasteiger partial charge in [0.2, 0.25) is 0 Å². The number of anilines is 1. The van der Waals surface area contributed by atoms with E-state index in [-0.39, 0.29) is 12.2 Å². The van der Waals surface area contributed by atoms with E-state index in [2.05, 4.69) is 35.9 Å². The third kappa shape index (κ3) is 3.78. The Balaban J connectivity index is 1.64. The molecule has 2 aromatic heterocycles. The van der Waals surface area contributed by atoms with Crippen LogP contribution in [0.4, 0.5) is 5.82 Å². The number of rotatable bonds is 3. The summed E-state index contributed by atoms with van der Waals surface area (Å²) in [5.41, 5.74) is 7.59. The molecule has 3 heterocycles. The summed E-state index contributed by atoms with van der Waals surface area (Å²) < 4.78 is 5.81. The summed E-state index contributed by atoms with van der Waals surface area (Å²) in [5.74, 6) is 1.03. The first-order chi connectivity index (χ1) is 13.0. The summed E-state index contributed by atoms with van der Waals surface area (Å²) in [7, 11) is 0. The van der Waals surface area contributed by atoms with Gasteiger partial charge in [0.25, 0.3) is 0 Å². The molecule has 2 N–H and O–H groups in total. The number of ether oxygens (including phenoxy) is 1. The number of nitrogens with two attached hydrogens (primary N) is 1. The Morgan fingerprint density at radius 1 is 1.26 bits per heavy atom. The highest BCUT2D eigenvalue weighted by molar-refractivity contribution is 7.18. The number of thiophene rings is 1. The van der Waals surface area contributed by atoms with E-state index in [1.54, 1.807) is 23.5 Å². The molecular formula is C20H21N5OS. The van der Waals surface area contributed by atoms with E-state index in [9.17, 15) is 0 Å². The van der Waals surface area contributed by atoms with Crippen molar-refractivity contribution in [1.29, 1.82) is 5.26 Å². The van der Waals surface area contributed by atoms with E-state index in [1.165, 1.54) is 4.88 Å². The van der Waals surface area contributed by atoms with Gasteiger partial charge in [-0.05, 0) is 32.0 Å². The molecule has 3 aromatic rings. The number of hydrogen-bond donors (Lipinski definition) is 1. The number of nitrogen functional groups attached to an aromatic ring is 1. The molecule has 0 saturated carbocycles. The number of nitriles is 1. The smallest absolute Gasteiger partial charge is 0.163 e. The lowest BCUT2D eigenvalue weighted by molar-refractivity contribution is -0.0702. The lowest BCUT2D eigenvalue weighted by Gasteiger charge is -2.34. The Morgan fingerprint density at radius 2 is 2.04 bits per heavy atom. The summed E-state index contributed by atoms with van der Waals surface area (Å²) in [6, 6.07) is 11.5. The third-order valence-electron chi connectivity index (χ3n) is 4.60. The standard InChI is InChI=1S/C20H21N5OS/c1-12-9-25(10-13(2)26-12)11-16-7-17-18(22)23-19(24-20(17)27-16)15-5-3-4-14(6-15)8-21/h3-7,12-13H,9-11H2,1-2H3,(H2,22,23,24)/t12-,13?/m0/s1. The van der Waals surface area contributed by atoms with E-state index in [0.29, 0.717) is 17.2 Å². The molecule has 0 radical (unpaired) electrons. The first-order valence-electron chi connectivity index (χ1n) is 8.96. The first kappa shape index (κ1) is 17.9. The molecule has 27 heavy (non-hydrogen) atoms. The molecule has 1 fully saturated rings. The molecule has 0 amide bonds. The van der Waals surface area contributed by atoms with Crippen molar-refractivity contribution >= 4 is 27.4 Å². The van der Waals surface area contributed by atoms with E-state index < -0.39 is 0 Å². The average molecular weight is 379 g/mol. The maximum Gasteiger partial charge on any atom is 0.163 e. The Hall–Kier alpha value is -2.53. The summed E-state index contributed by atoms with van der Waals surface area (Å²) >= 11 is 1.65. The van der Waals surface area contributed by atoms with Crippen LogP contribution in [0.5, 0.6) is 0 Å². The highest BCUT2D eigenvalue weighted by Gasteiger charge is 2.23. The van der Waals surface area contributed by atoms with Crippen molar-refractivity contribution in [3.05, 3.63) is 40.8 Å². The molecule has 1 saturated heterocycles. The Morgan fingerprint density at radius 3 is 2.78 bits per heavy atom. The zero-order valence-corrected chi connectivity index (χ0v) is 16.2. The fourth-order valence-corrected chi connectivity index (χ4v) is 4.64. The van der Waals surface area contributed by atoms with E-state index >= 15 is 0 Å². The second-order valence-electron chi connectivity index (χ2n) is 7.01. The van der Waals surface area contributed by atoms with Gasteiger partial charge in [-0.15, -0.1) is 11.3 Å². The minimum Gasteiger partial charge on any atom is -0.383 e. The van der Waals surface area contributed by atoms with Crippen LogP contribution in [-0.4, -0.2) is 40.2 Å². The molecule has 7 heteroatoms. The molecule has 1 aliphatic heterocycles. The zero-order valence-electron chi connectivity index (χ0n) is 15.3. The second-order valence-corrected chi connectivity index (χ2v) is 8.12. The van der Waals surface area contributed by atoms with Crippen molar-refractivity contribution in [2.45, 2.75) is 32.6 Å². The normalized spacial score (nSPS) is 20.6. The first-order valence-corrected chi connectivity index (χ1v) is 9.78. The summed E-state index contributed by atoms with van der Waals surface area (Å²) in [6.07, 6.45) is 0.485. The van der Waals surface area contributed by atoms with E-state index in [4.69, 9.17) is 20.7 Å².